The highest BCUT2D eigenvalue weighted by atomic mass is 35.5. The molecule has 7 heteroatoms. The number of nitrogens with one attached hydrogen (secondary N) is 2. The van der Waals surface area contributed by atoms with E-state index in [1.54, 1.807) is 24.3 Å². The molecule has 0 aliphatic rings. The first-order valence-electron chi connectivity index (χ1n) is 6.04. The molecule has 1 aromatic carbocycles. The summed E-state index contributed by atoms with van der Waals surface area (Å²) >= 11 is 5.88. The minimum absolute atomic E-state index is 0.0366. The molecule has 0 atom stereocenters. The van der Waals surface area contributed by atoms with Gasteiger partial charge in [0.15, 0.2) is 11.6 Å². The zero-order chi connectivity index (χ0) is 15.2. The minimum Gasteiger partial charge on any atom is -0.504 e. The molecule has 0 aliphatic heterocycles. The maximum absolute atomic E-state index is 11.8. The van der Waals surface area contributed by atoms with E-state index in [1.807, 2.05) is 0 Å². The average Bonchev–Trinajstić information content (AvgIpc) is 2.48. The van der Waals surface area contributed by atoms with Crippen LogP contribution in [0.4, 0.5) is 5.82 Å². The number of rotatable bonds is 4. The number of pyridine rings is 1. The van der Waals surface area contributed by atoms with Gasteiger partial charge in [0.25, 0.3) is 5.91 Å². The summed E-state index contributed by atoms with van der Waals surface area (Å²) in [7, 11) is 0. The number of amides is 2. The van der Waals surface area contributed by atoms with Crippen LogP contribution in [-0.2, 0) is 4.79 Å². The van der Waals surface area contributed by atoms with Gasteiger partial charge in [-0.3, -0.25) is 9.59 Å². The van der Waals surface area contributed by atoms with Gasteiger partial charge in [-0.25, -0.2) is 4.98 Å². The highest BCUT2D eigenvalue weighted by Crippen LogP contribution is 2.18. The quantitative estimate of drug-likeness (QED) is 0.803. The molecule has 3 N–H and O–H groups in total. The van der Waals surface area contributed by atoms with E-state index in [-0.39, 0.29) is 23.7 Å². The van der Waals surface area contributed by atoms with Gasteiger partial charge in [0.1, 0.15) is 0 Å². The largest absolute Gasteiger partial charge is 0.504 e. The van der Waals surface area contributed by atoms with Gasteiger partial charge in [-0.2, -0.15) is 0 Å². The van der Waals surface area contributed by atoms with E-state index in [2.05, 4.69) is 15.6 Å². The van der Waals surface area contributed by atoms with Crippen LogP contribution in [0, 0.1) is 0 Å². The van der Waals surface area contributed by atoms with Crippen molar-refractivity contribution in [2.75, 3.05) is 11.9 Å². The summed E-state index contributed by atoms with van der Waals surface area (Å²) < 4.78 is 0. The number of carbonyl (C=O) groups excluding carboxylic acids is 2. The van der Waals surface area contributed by atoms with Crippen molar-refractivity contribution in [3.63, 3.8) is 0 Å². The van der Waals surface area contributed by atoms with Crippen molar-refractivity contribution >= 4 is 29.2 Å². The van der Waals surface area contributed by atoms with Crippen LogP contribution in [0.3, 0.4) is 0 Å². The fourth-order valence-electron chi connectivity index (χ4n) is 1.57. The molecule has 0 saturated carbocycles. The summed E-state index contributed by atoms with van der Waals surface area (Å²) in [5, 5.41) is 14.6. The maximum atomic E-state index is 11.8. The Balaban J connectivity index is 1.91. The molecule has 0 aliphatic carbocycles. The number of nitrogens with zero attached hydrogens (tertiary/aromatic N) is 1. The Bertz CT molecular complexity index is 676. The molecule has 0 bridgehead atoms. The number of carbonyl (C=O) groups is 2. The lowest BCUT2D eigenvalue weighted by molar-refractivity contribution is -0.115. The van der Waals surface area contributed by atoms with Crippen molar-refractivity contribution in [1.29, 1.82) is 0 Å². The summed E-state index contributed by atoms with van der Waals surface area (Å²) in [5.41, 5.74) is 0.285. The predicted octanol–water partition coefficient (Wildman–Crippen LogP) is 1.81. The molecule has 1 aromatic heterocycles. The lowest BCUT2D eigenvalue weighted by Gasteiger charge is -2.08. The summed E-state index contributed by atoms with van der Waals surface area (Å²) in [4.78, 5) is 27.3. The second-order valence-corrected chi connectivity index (χ2v) is 4.49. The Morgan fingerprint density at radius 1 is 1.19 bits per heavy atom. The third-order valence-corrected chi connectivity index (χ3v) is 2.90. The van der Waals surface area contributed by atoms with Gasteiger partial charge in [-0.1, -0.05) is 23.7 Å². The van der Waals surface area contributed by atoms with E-state index < -0.39 is 11.8 Å². The van der Waals surface area contributed by atoms with Gasteiger partial charge in [0.2, 0.25) is 5.91 Å². The normalized spacial score (nSPS) is 9.95. The number of halogens is 1. The molecule has 2 amide bonds. The molecule has 1 heterocycles. The van der Waals surface area contributed by atoms with E-state index in [1.165, 1.54) is 18.3 Å². The summed E-state index contributed by atoms with van der Waals surface area (Å²) in [6.45, 7) is -0.264. The van der Waals surface area contributed by atoms with Crippen LogP contribution in [0.25, 0.3) is 0 Å². The Hall–Kier alpha value is -2.60. The van der Waals surface area contributed by atoms with E-state index >= 15 is 0 Å². The monoisotopic (exact) mass is 305 g/mol. The summed E-state index contributed by atoms with van der Waals surface area (Å²) in [6, 6.07) is 9.44. The molecule has 21 heavy (non-hydrogen) atoms. The standard InChI is InChI=1S/C14H12ClN3O3/c15-10-5-2-1-4-9(10)14(21)17-8-12(20)18-13-11(19)6-3-7-16-13/h1-7,19H,8H2,(H,17,21)(H,16,18,20). The second kappa shape index (κ2) is 6.71. The maximum Gasteiger partial charge on any atom is 0.253 e. The zero-order valence-corrected chi connectivity index (χ0v) is 11.6. The summed E-state index contributed by atoms with van der Waals surface area (Å²) in [6.07, 6.45) is 1.43. The van der Waals surface area contributed by atoms with E-state index in [0.29, 0.717) is 5.02 Å². The van der Waals surface area contributed by atoms with E-state index in [4.69, 9.17) is 11.6 Å². The lowest BCUT2D eigenvalue weighted by Crippen LogP contribution is -2.33. The number of aromatic hydroxyl groups is 1. The van der Waals surface area contributed by atoms with Gasteiger partial charge in [0.05, 0.1) is 17.1 Å². The van der Waals surface area contributed by atoms with Gasteiger partial charge >= 0.3 is 0 Å². The minimum atomic E-state index is -0.510. The van der Waals surface area contributed by atoms with Crippen molar-refractivity contribution in [1.82, 2.24) is 10.3 Å². The van der Waals surface area contributed by atoms with Gasteiger partial charge in [-0.15, -0.1) is 0 Å². The van der Waals surface area contributed by atoms with Crippen LogP contribution in [-0.4, -0.2) is 28.4 Å². The molecular formula is C14H12ClN3O3. The Morgan fingerprint density at radius 3 is 2.67 bits per heavy atom. The molecule has 0 radical (unpaired) electrons. The number of benzene rings is 1. The number of hydrogen-bond acceptors (Lipinski definition) is 4. The Labute approximate surface area is 125 Å². The fourth-order valence-corrected chi connectivity index (χ4v) is 1.79. The Kier molecular flexibility index (Phi) is 4.73. The molecule has 0 fully saturated rings. The SMILES string of the molecule is O=C(CNC(=O)c1ccccc1Cl)Nc1ncccc1O. The molecule has 0 spiro atoms. The van der Waals surface area contributed by atoms with E-state index in [9.17, 15) is 14.7 Å². The van der Waals surface area contributed by atoms with Gasteiger partial charge < -0.3 is 15.7 Å². The third-order valence-electron chi connectivity index (χ3n) is 2.57. The van der Waals surface area contributed by atoms with Crippen molar-refractivity contribution in [3.05, 3.63) is 53.2 Å². The number of aromatic nitrogens is 1. The molecule has 108 valence electrons. The first-order valence-corrected chi connectivity index (χ1v) is 6.42. The highest BCUT2D eigenvalue weighted by molar-refractivity contribution is 6.33. The van der Waals surface area contributed by atoms with Crippen LogP contribution >= 0.6 is 11.6 Å². The van der Waals surface area contributed by atoms with Crippen LogP contribution < -0.4 is 10.6 Å². The molecular weight excluding hydrogens is 294 g/mol. The van der Waals surface area contributed by atoms with Crippen molar-refractivity contribution < 1.29 is 14.7 Å². The molecule has 6 nitrogen and oxygen atoms in total. The number of anilines is 1. The zero-order valence-electron chi connectivity index (χ0n) is 10.8. The summed E-state index contributed by atoms with van der Waals surface area (Å²) in [5.74, 6) is -1.08. The smallest absolute Gasteiger partial charge is 0.253 e. The topological polar surface area (TPSA) is 91.3 Å². The first kappa shape index (κ1) is 14.8. The van der Waals surface area contributed by atoms with Crippen LogP contribution in [0.1, 0.15) is 10.4 Å². The van der Waals surface area contributed by atoms with E-state index in [0.717, 1.165) is 0 Å². The third kappa shape index (κ3) is 3.93. The van der Waals surface area contributed by atoms with Crippen LogP contribution in [0.5, 0.6) is 5.75 Å². The predicted molar refractivity (Wildman–Crippen MR) is 78.3 cm³/mol. The first-order chi connectivity index (χ1) is 10.1. The molecule has 2 aromatic rings. The molecule has 2 rings (SSSR count). The van der Waals surface area contributed by atoms with Crippen LogP contribution in [0.15, 0.2) is 42.6 Å². The second-order valence-electron chi connectivity index (χ2n) is 4.08. The molecule has 0 saturated heterocycles. The van der Waals surface area contributed by atoms with Crippen LogP contribution in [0.2, 0.25) is 5.02 Å². The van der Waals surface area contributed by atoms with Gasteiger partial charge in [0, 0.05) is 6.20 Å². The van der Waals surface area contributed by atoms with Crippen molar-refractivity contribution in [3.8, 4) is 5.75 Å². The average molecular weight is 306 g/mol. The highest BCUT2D eigenvalue weighted by Gasteiger charge is 2.12. The number of hydrogen-bond donors (Lipinski definition) is 3. The van der Waals surface area contributed by atoms with Crippen molar-refractivity contribution in [2.24, 2.45) is 0 Å². The van der Waals surface area contributed by atoms with Gasteiger partial charge in [-0.05, 0) is 24.3 Å². The van der Waals surface area contributed by atoms with Crippen molar-refractivity contribution in [2.45, 2.75) is 0 Å². The Morgan fingerprint density at radius 2 is 1.95 bits per heavy atom. The lowest BCUT2D eigenvalue weighted by atomic mass is 10.2. The fraction of sp³-hybridized carbons (Fsp3) is 0.0714. The molecule has 0 unspecified atom stereocenters.